The van der Waals surface area contributed by atoms with Gasteiger partial charge in [-0.2, -0.15) is 15.2 Å². The van der Waals surface area contributed by atoms with E-state index in [0.29, 0.717) is 28.7 Å². The van der Waals surface area contributed by atoms with Crippen LogP contribution in [0.1, 0.15) is 23.9 Å². The van der Waals surface area contributed by atoms with E-state index in [0.717, 1.165) is 10.9 Å². The van der Waals surface area contributed by atoms with E-state index in [2.05, 4.69) is 21.0 Å². The van der Waals surface area contributed by atoms with Crippen LogP contribution >= 0.6 is 0 Å². The van der Waals surface area contributed by atoms with Gasteiger partial charge in [0.2, 0.25) is 11.8 Å². The first kappa shape index (κ1) is 18.4. The molecule has 0 amide bonds. The number of benzene rings is 1. The molecule has 27 heavy (non-hydrogen) atoms. The number of hydrogen-bond donors (Lipinski definition) is 1. The molecule has 3 rings (SSSR count). The minimum atomic E-state index is -0.895. The molecule has 1 N–H and O–H groups in total. The van der Waals surface area contributed by atoms with Crippen LogP contribution in [-0.2, 0) is 11.8 Å². The number of hydrogen-bond acceptors (Lipinski definition) is 6. The van der Waals surface area contributed by atoms with Gasteiger partial charge in [0.15, 0.2) is 0 Å². The summed E-state index contributed by atoms with van der Waals surface area (Å²) in [6, 6.07) is 11.4. The van der Waals surface area contributed by atoms with Gasteiger partial charge < -0.3 is 14.5 Å². The molecule has 0 saturated heterocycles. The Balaban J connectivity index is 2.05. The number of H-pyrrole nitrogens is 1. The molecule has 138 valence electrons. The van der Waals surface area contributed by atoms with E-state index in [9.17, 15) is 10.1 Å². The average Bonchev–Trinajstić information content (AvgIpc) is 2.68. The number of aryl methyl sites for hydroxylation is 1. The summed E-state index contributed by atoms with van der Waals surface area (Å²) in [6.45, 7) is 3.58. The SMILES string of the molecule is COc1cc(OC)nc(CC(C)(C#N)c2ccc3cc(C)c(=O)[nH]c3c2)n1. The molecule has 0 aliphatic carbocycles. The molecule has 0 spiro atoms. The van der Waals surface area contributed by atoms with E-state index in [1.54, 1.807) is 13.0 Å². The van der Waals surface area contributed by atoms with Crippen LogP contribution in [-0.4, -0.2) is 29.2 Å². The van der Waals surface area contributed by atoms with Crippen LogP contribution < -0.4 is 15.0 Å². The number of ether oxygens (including phenoxy) is 2. The Morgan fingerprint density at radius 2 is 1.81 bits per heavy atom. The van der Waals surface area contributed by atoms with Gasteiger partial charge in [0, 0.05) is 17.5 Å². The Kier molecular flexibility index (Phi) is 4.82. The van der Waals surface area contributed by atoms with Crippen molar-refractivity contribution in [3.63, 3.8) is 0 Å². The molecule has 0 radical (unpaired) electrons. The summed E-state index contributed by atoms with van der Waals surface area (Å²) in [5, 5.41) is 10.8. The first-order valence-corrected chi connectivity index (χ1v) is 8.40. The summed E-state index contributed by atoms with van der Waals surface area (Å²) in [6.07, 6.45) is 0.263. The minimum Gasteiger partial charge on any atom is -0.481 e. The number of aromatic nitrogens is 3. The van der Waals surface area contributed by atoms with Crippen molar-refractivity contribution in [3.05, 3.63) is 57.6 Å². The number of methoxy groups -OCH3 is 2. The fraction of sp³-hybridized carbons (Fsp3) is 0.300. The third-order valence-electron chi connectivity index (χ3n) is 4.57. The van der Waals surface area contributed by atoms with Crippen LogP contribution in [0.5, 0.6) is 11.8 Å². The Morgan fingerprint density at radius 3 is 2.41 bits per heavy atom. The van der Waals surface area contributed by atoms with Crippen molar-refractivity contribution in [2.24, 2.45) is 0 Å². The summed E-state index contributed by atoms with van der Waals surface area (Å²) < 4.78 is 10.4. The van der Waals surface area contributed by atoms with Gasteiger partial charge in [-0.1, -0.05) is 12.1 Å². The topological polar surface area (TPSA) is 101 Å². The number of rotatable bonds is 5. The van der Waals surface area contributed by atoms with Gasteiger partial charge in [-0.15, -0.1) is 0 Å². The zero-order valence-corrected chi connectivity index (χ0v) is 15.7. The highest BCUT2D eigenvalue weighted by molar-refractivity contribution is 5.80. The summed E-state index contributed by atoms with van der Waals surface area (Å²) >= 11 is 0. The molecule has 7 nitrogen and oxygen atoms in total. The lowest BCUT2D eigenvalue weighted by atomic mass is 9.80. The number of nitrogens with one attached hydrogen (secondary N) is 1. The van der Waals surface area contributed by atoms with E-state index in [4.69, 9.17) is 9.47 Å². The van der Waals surface area contributed by atoms with Crippen molar-refractivity contribution in [1.29, 1.82) is 5.26 Å². The second kappa shape index (κ2) is 7.08. The lowest BCUT2D eigenvalue weighted by Crippen LogP contribution is -2.24. The van der Waals surface area contributed by atoms with Crippen LogP contribution in [0.2, 0.25) is 0 Å². The van der Waals surface area contributed by atoms with Crippen LogP contribution in [0.25, 0.3) is 10.9 Å². The van der Waals surface area contributed by atoms with Crippen LogP contribution in [0.15, 0.2) is 35.1 Å². The molecular weight excluding hydrogens is 344 g/mol. The second-order valence-electron chi connectivity index (χ2n) is 6.57. The van der Waals surface area contributed by atoms with E-state index in [1.807, 2.05) is 31.2 Å². The van der Waals surface area contributed by atoms with Gasteiger partial charge in [0.05, 0.1) is 31.8 Å². The van der Waals surface area contributed by atoms with Gasteiger partial charge in [0.25, 0.3) is 5.56 Å². The monoisotopic (exact) mass is 364 g/mol. The molecule has 2 aromatic heterocycles. The average molecular weight is 364 g/mol. The summed E-state index contributed by atoms with van der Waals surface area (Å²) in [7, 11) is 3.02. The number of nitriles is 1. The molecule has 0 aliphatic rings. The molecule has 1 atom stereocenters. The smallest absolute Gasteiger partial charge is 0.251 e. The molecule has 2 heterocycles. The molecular formula is C20H20N4O3. The molecule has 7 heteroatoms. The molecule has 0 bridgehead atoms. The fourth-order valence-electron chi connectivity index (χ4n) is 2.91. The quantitative estimate of drug-likeness (QED) is 0.747. The van der Waals surface area contributed by atoms with Gasteiger partial charge in [-0.3, -0.25) is 4.79 Å². The molecule has 0 fully saturated rings. The molecule has 1 aromatic carbocycles. The standard InChI is InChI=1S/C20H20N4O3/c1-12-7-13-5-6-14(8-15(13)22-19(12)25)20(2,11-21)10-16-23-17(26-3)9-18(24-16)27-4/h5-9H,10H2,1-4H3,(H,22,25). The van der Waals surface area contributed by atoms with E-state index >= 15 is 0 Å². The summed E-state index contributed by atoms with van der Waals surface area (Å²) in [5.74, 6) is 1.18. The molecule has 0 aliphatic heterocycles. The number of nitrogens with zero attached hydrogens (tertiary/aromatic N) is 3. The summed E-state index contributed by atoms with van der Waals surface area (Å²) in [4.78, 5) is 23.4. The van der Waals surface area contributed by atoms with E-state index in [1.165, 1.54) is 14.2 Å². The minimum absolute atomic E-state index is 0.140. The van der Waals surface area contributed by atoms with Crippen molar-refractivity contribution in [3.8, 4) is 17.8 Å². The Morgan fingerprint density at radius 1 is 1.15 bits per heavy atom. The van der Waals surface area contributed by atoms with Crippen molar-refractivity contribution >= 4 is 10.9 Å². The molecule has 3 aromatic rings. The predicted octanol–water partition coefficient (Wildman–Crippen LogP) is 2.67. The second-order valence-corrected chi connectivity index (χ2v) is 6.57. The number of pyridine rings is 1. The van der Waals surface area contributed by atoms with Crippen LogP contribution in [0.3, 0.4) is 0 Å². The first-order chi connectivity index (χ1) is 12.9. The fourth-order valence-corrected chi connectivity index (χ4v) is 2.91. The third kappa shape index (κ3) is 3.60. The maximum Gasteiger partial charge on any atom is 0.251 e. The van der Waals surface area contributed by atoms with Crippen LogP contribution in [0.4, 0.5) is 0 Å². The number of fused-ring (bicyclic) bond motifs is 1. The van der Waals surface area contributed by atoms with Gasteiger partial charge in [-0.05, 0) is 36.9 Å². The Hall–Kier alpha value is -3.40. The van der Waals surface area contributed by atoms with Crippen LogP contribution in [0, 0.1) is 18.3 Å². The van der Waals surface area contributed by atoms with E-state index < -0.39 is 5.41 Å². The molecule has 1 unspecified atom stereocenters. The van der Waals surface area contributed by atoms with Crippen molar-refractivity contribution < 1.29 is 9.47 Å². The van der Waals surface area contributed by atoms with Crippen molar-refractivity contribution in [2.75, 3.05) is 14.2 Å². The highest BCUT2D eigenvalue weighted by atomic mass is 16.5. The zero-order chi connectivity index (χ0) is 19.6. The number of aromatic amines is 1. The lowest BCUT2D eigenvalue weighted by molar-refractivity contribution is 0.366. The van der Waals surface area contributed by atoms with Crippen molar-refractivity contribution in [2.45, 2.75) is 25.7 Å². The third-order valence-corrected chi connectivity index (χ3v) is 4.57. The summed E-state index contributed by atoms with van der Waals surface area (Å²) in [5.41, 5.74) is 1.07. The van der Waals surface area contributed by atoms with E-state index in [-0.39, 0.29) is 12.0 Å². The zero-order valence-electron chi connectivity index (χ0n) is 15.7. The first-order valence-electron chi connectivity index (χ1n) is 8.40. The highest BCUT2D eigenvalue weighted by Gasteiger charge is 2.29. The Labute approximate surface area is 156 Å². The van der Waals surface area contributed by atoms with Gasteiger partial charge >= 0.3 is 0 Å². The van der Waals surface area contributed by atoms with Gasteiger partial charge in [0.1, 0.15) is 5.82 Å². The maximum absolute atomic E-state index is 11.9. The predicted molar refractivity (Wildman–Crippen MR) is 101 cm³/mol. The Bertz CT molecular complexity index is 1080. The largest absolute Gasteiger partial charge is 0.481 e. The lowest BCUT2D eigenvalue weighted by Gasteiger charge is -2.22. The van der Waals surface area contributed by atoms with Crippen molar-refractivity contribution in [1.82, 2.24) is 15.0 Å². The maximum atomic E-state index is 11.9. The normalized spacial score (nSPS) is 13.0. The van der Waals surface area contributed by atoms with Gasteiger partial charge in [-0.25, -0.2) is 0 Å². The molecule has 0 saturated carbocycles. The highest BCUT2D eigenvalue weighted by Crippen LogP contribution is 2.30.